The van der Waals surface area contributed by atoms with Crippen LogP contribution < -0.4 is 5.32 Å². The van der Waals surface area contributed by atoms with E-state index in [1.807, 2.05) is 0 Å². The molecular weight excluding hydrogens is 210 g/mol. The smallest absolute Gasteiger partial charge is 0.0832 e. The molecule has 2 nitrogen and oxygen atoms in total. The molecule has 0 aliphatic heterocycles. The summed E-state index contributed by atoms with van der Waals surface area (Å²) in [5.41, 5.74) is 0.0153. The van der Waals surface area contributed by atoms with Gasteiger partial charge in [-0.1, -0.05) is 47.5 Å². The molecule has 0 aliphatic rings. The Morgan fingerprint density at radius 1 is 0.941 bits per heavy atom. The van der Waals surface area contributed by atoms with E-state index in [-0.39, 0.29) is 5.60 Å². The lowest BCUT2D eigenvalue weighted by Crippen LogP contribution is -2.55. The van der Waals surface area contributed by atoms with Crippen molar-refractivity contribution >= 4 is 0 Å². The van der Waals surface area contributed by atoms with E-state index >= 15 is 0 Å². The molecule has 0 saturated carbocycles. The van der Waals surface area contributed by atoms with Crippen LogP contribution in [0.4, 0.5) is 0 Å². The Kier molecular flexibility index (Phi) is 8.89. The topological polar surface area (TPSA) is 21.3 Å². The van der Waals surface area contributed by atoms with Crippen molar-refractivity contribution in [2.45, 2.75) is 78.9 Å². The van der Waals surface area contributed by atoms with Crippen molar-refractivity contribution in [2.24, 2.45) is 5.92 Å². The largest absolute Gasteiger partial charge is 0.374 e. The van der Waals surface area contributed by atoms with Crippen LogP contribution in [-0.4, -0.2) is 24.8 Å². The van der Waals surface area contributed by atoms with Crippen LogP contribution in [0, 0.1) is 5.92 Å². The molecular formula is C15H33NO. The summed E-state index contributed by atoms with van der Waals surface area (Å²) in [7, 11) is 0. The quantitative estimate of drug-likeness (QED) is 0.626. The standard InChI is InChI=1S/C15H33NO/c1-7-13(8-2)14(16-11-5)15(9-3,10-4)17-12-6/h13-14,16H,7-12H2,1-6H3. The Bertz CT molecular complexity index is 174. The normalized spacial score (nSPS) is 14.3. The summed E-state index contributed by atoms with van der Waals surface area (Å²) < 4.78 is 6.16. The third-order valence-corrected chi connectivity index (χ3v) is 4.14. The van der Waals surface area contributed by atoms with Crippen molar-refractivity contribution in [1.82, 2.24) is 5.32 Å². The highest BCUT2D eigenvalue weighted by Crippen LogP contribution is 2.32. The Balaban J connectivity index is 5.04. The number of nitrogens with one attached hydrogen (secondary N) is 1. The van der Waals surface area contributed by atoms with Crippen molar-refractivity contribution < 1.29 is 4.74 Å². The van der Waals surface area contributed by atoms with Gasteiger partial charge in [0.15, 0.2) is 0 Å². The van der Waals surface area contributed by atoms with E-state index in [0.717, 1.165) is 26.0 Å². The maximum atomic E-state index is 6.16. The monoisotopic (exact) mass is 243 g/mol. The first-order valence-corrected chi connectivity index (χ1v) is 7.52. The van der Waals surface area contributed by atoms with Gasteiger partial charge in [-0.15, -0.1) is 0 Å². The molecule has 0 spiro atoms. The first kappa shape index (κ1) is 16.9. The van der Waals surface area contributed by atoms with E-state index in [0.29, 0.717) is 12.0 Å². The minimum Gasteiger partial charge on any atom is -0.374 e. The predicted molar refractivity (Wildman–Crippen MR) is 76.5 cm³/mol. The van der Waals surface area contributed by atoms with Gasteiger partial charge in [0.25, 0.3) is 0 Å². The molecule has 0 saturated heterocycles. The second-order valence-corrected chi connectivity index (χ2v) is 4.82. The molecule has 1 atom stereocenters. The highest BCUT2D eigenvalue weighted by molar-refractivity contribution is 4.95. The molecule has 1 N–H and O–H groups in total. The fraction of sp³-hybridized carbons (Fsp3) is 1.00. The van der Waals surface area contributed by atoms with Crippen LogP contribution in [0.5, 0.6) is 0 Å². The summed E-state index contributed by atoms with van der Waals surface area (Å²) in [5, 5.41) is 3.69. The fourth-order valence-corrected chi connectivity index (χ4v) is 3.03. The molecule has 0 bridgehead atoms. The predicted octanol–water partition coefficient (Wildman–Crippen LogP) is 4.00. The highest BCUT2D eigenvalue weighted by atomic mass is 16.5. The number of likely N-dealkylation sites (N-methyl/N-ethyl adjacent to an activating group) is 1. The van der Waals surface area contributed by atoms with Crippen LogP contribution in [0.3, 0.4) is 0 Å². The number of hydrogen-bond donors (Lipinski definition) is 1. The fourth-order valence-electron chi connectivity index (χ4n) is 3.03. The molecule has 0 aromatic carbocycles. The first-order valence-electron chi connectivity index (χ1n) is 7.52. The van der Waals surface area contributed by atoms with Crippen LogP contribution in [0.25, 0.3) is 0 Å². The SMILES string of the molecule is CCNC(C(CC)CC)C(CC)(CC)OCC. The highest BCUT2D eigenvalue weighted by Gasteiger charge is 2.39. The van der Waals surface area contributed by atoms with Crippen LogP contribution in [0.15, 0.2) is 0 Å². The van der Waals surface area contributed by atoms with Crippen molar-refractivity contribution in [3.8, 4) is 0 Å². The number of ether oxygens (including phenoxy) is 1. The molecule has 0 amide bonds. The van der Waals surface area contributed by atoms with Crippen molar-refractivity contribution in [1.29, 1.82) is 0 Å². The van der Waals surface area contributed by atoms with Gasteiger partial charge in [-0.05, 0) is 32.2 Å². The zero-order valence-corrected chi connectivity index (χ0v) is 12.8. The second-order valence-electron chi connectivity index (χ2n) is 4.82. The Morgan fingerprint density at radius 2 is 1.47 bits per heavy atom. The van der Waals surface area contributed by atoms with Gasteiger partial charge >= 0.3 is 0 Å². The van der Waals surface area contributed by atoms with Crippen LogP contribution >= 0.6 is 0 Å². The average molecular weight is 243 g/mol. The van der Waals surface area contributed by atoms with E-state index in [2.05, 4.69) is 46.9 Å². The van der Waals surface area contributed by atoms with E-state index in [9.17, 15) is 0 Å². The molecule has 0 aromatic rings. The van der Waals surface area contributed by atoms with Gasteiger partial charge in [0.1, 0.15) is 0 Å². The molecule has 17 heavy (non-hydrogen) atoms. The molecule has 0 fully saturated rings. The molecule has 0 aromatic heterocycles. The number of hydrogen-bond acceptors (Lipinski definition) is 2. The maximum Gasteiger partial charge on any atom is 0.0832 e. The third-order valence-electron chi connectivity index (χ3n) is 4.14. The summed E-state index contributed by atoms with van der Waals surface area (Å²) in [6.45, 7) is 15.2. The Labute approximate surface area is 109 Å². The van der Waals surface area contributed by atoms with E-state index in [4.69, 9.17) is 4.74 Å². The van der Waals surface area contributed by atoms with Gasteiger partial charge in [-0.3, -0.25) is 0 Å². The molecule has 0 aliphatic carbocycles. The molecule has 0 radical (unpaired) electrons. The van der Waals surface area contributed by atoms with Gasteiger partial charge < -0.3 is 10.1 Å². The lowest BCUT2D eigenvalue weighted by atomic mass is 9.78. The first-order chi connectivity index (χ1) is 8.15. The van der Waals surface area contributed by atoms with Gasteiger partial charge in [0, 0.05) is 12.6 Å². The maximum absolute atomic E-state index is 6.16. The van der Waals surface area contributed by atoms with Crippen molar-refractivity contribution in [2.75, 3.05) is 13.2 Å². The van der Waals surface area contributed by atoms with E-state index in [1.54, 1.807) is 0 Å². The third kappa shape index (κ3) is 4.26. The molecule has 1 unspecified atom stereocenters. The lowest BCUT2D eigenvalue weighted by Gasteiger charge is -2.43. The Hall–Kier alpha value is -0.0800. The molecule has 0 heterocycles. The average Bonchev–Trinajstić information content (AvgIpc) is 2.37. The van der Waals surface area contributed by atoms with Gasteiger partial charge in [0.2, 0.25) is 0 Å². The minimum atomic E-state index is 0.0153. The van der Waals surface area contributed by atoms with Gasteiger partial charge in [0.05, 0.1) is 5.60 Å². The lowest BCUT2D eigenvalue weighted by molar-refractivity contribution is -0.0859. The summed E-state index contributed by atoms with van der Waals surface area (Å²) in [6.07, 6.45) is 4.63. The van der Waals surface area contributed by atoms with Crippen LogP contribution in [0.1, 0.15) is 67.2 Å². The van der Waals surface area contributed by atoms with E-state index < -0.39 is 0 Å². The molecule has 0 rings (SSSR count). The summed E-state index contributed by atoms with van der Waals surface area (Å²) in [4.78, 5) is 0. The van der Waals surface area contributed by atoms with Gasteiger partial charge in [-0.25, -0.2) is 0 Å². The van der Waals surface area contributed by atoms with Crippen molar-refractivity contribution in [3.63, 3.8) is 0 Å². The van der Waals surface area contributed by atoms with E-state index in [1.165, 1.54) is 12.8 Å². The zero-order valence-electron chi connectivity index (χ0n) is 12.8. The molecule has 104 valence electrons. The summed E-state index contributed by atoms with van der Waals surface area (Å²) in [6, 6.07) is 0.484. The minimum absolute atomic E-state index is 0.0153. The second kappa shape index (κ2) is 8.93. The van der Waals surface area contributed by atoms with Crippen LogP contribution in [0.2, 0.25) is 0 Å². The molecule has 2 heteroatoms. The summed E-state index contributed by atoms with van der Waals surface area (Å²) >= 11 is 0. The Morgan fingerprint density at radius 3 is 1.76 bits per heavy atom. The van der Waals surface area contributed by atoms with Crippen molar-refractivity contribution in [3.05, 3.63) is 0 Å². The van der Waals surface area contributed by atoms with Gasteiger partial charge in [-0.2, -0.15) is 0 Å². The van der Waals surface area contributed by atoms with Crippen LogP contribution in [-0.2, 0) is 4.74 Å². The summed E-state index contributed by atoms with van der Waals surface area (Å²) in [5.74, 6) is 0.710. The zero-order chi connectivity index (χ0) is 13.3. The number of rotatable bonds is 10.